The second-order valence-electron chi connectivity index (χ2n) is 4.03. The second-order valence-corrected chi connectivity index (χ2v) is 4.03. The van der Waals surface area contributed by atoms with Crippen molar-refractivity contribution in [1.29, 1.82) is 5.26 Å². The number of nitrogen functional groups attached to an aromatic ring is 1. The fourth-order valence-electron chi connectivity index (χ4n) is 1.32. The minimum Gasteiger partial charge on any atom is -0.482 e. The molecule has 5 nitrogen and oxygen atoms in total. The van der Waals surface area contributed by atoms with Crippen molar-refractivity contribution in [1.82, 2.24) is 5.32 Å². The van der Waals surface area contributed by atoms with E-state index in [9.17, 15) is 4.79 Å². The lowest BCUT2D eigenvalue weighted by Gasteiger charge is -2.12. The van der Waals surface area contributed by atoms with Crippen LogP contribution in [-0.2, 0) is 4.79 Å². The number of ether oxygens (including phenoxy) is 1. The number of rotatable bonds is 5. The number of nitrogens with zero attached hydrogens (tertiary/aromatic N) is 1. The number of carbonyl (C=O) groups excluding carboxylic acids is 1. The lowest BCUT2D eigenvalue weighted by Crippen LogP contribution is -2.35. The van der Waals surface area contributed by atoms with Gasteiger partial charge < -0.3 is 15.8 Å². The first-order chi connectivity index (χ1) is 8.56. The zero-order valence-electron chi connectivity index (χ0n) is 10.6. The van der Waals surface area contributed by atoms with E-state index in [1.807, 2.05) is 19.9 Å². The number of amides is 1. The molecule has 1 unspecified atom stereocenters. The van der Waals surface area contributed by atoms with Gasteiger partial charge in [-0.2, -0.15) is 5.26 Å². The molecule has 1 rings (SSSR count). The van der Waals surface area contributed by atoms with E-state index in [0.29, 0.717) is 17.0 Å². The molecule has 1 aromatic carbocycles. The molecule has 0 fully saturated rings. The molecule has 1 aromatic rings. The summed E-state index contributed by atoms with van der Waals surface area (Å²) in [5, 5.41) is 11.7. The highest BCUT2D eigenvalue weighted by molar-refractivity contribution is 5.77. The summed E-state index contributed by atoms with van der Waals surface area (Å²) < 4.78 is 5.30. The molecule has 96 valence electrons. The minimum atomic E-state index is -0.204. The summed E-state index contributed by atoms with van der Waals surface area (Å²) in [5.74, 6) is 0.163. The minimum absolute atomic E-state index is 0.108. The Morgan fingerprint density at radius 3 is 2.94 bits per heavy atom. The van der Waals surface area contributed by atoms with Gasteiger partial charge in [0, 0.05) is 11.7 Å². The van der Waals surface area contributed by atoms with Crippen LogP contribution in [0.1, 0.15) is 25.8 Å². The van der Waals surface area contributed by atoms with E-state index in [2.05, 4.69) is 5.32 Å². The van der Waals surface area contributed by atoms with Crippen LogP contribution in [0.3, 0.4) is 0 Å². The summed E-state index contributed by atoms with van der Waals surface area (Å²) in [7, 11) is 0. The van der Waals surface area contributed by atoms with Gasteiger partial charge in [-0.25, -0.2) is 0 Å². The quantitative estimate of drug-likeness (QED) is 0.770. The molecule has 1 atom stereocenters. The molecule has 0 heterocycles. The fourth-order valence-corrected chi connectivity index (χ4v) is 1.32. The molecule has 0 aliphatic rings. The Morgan fingerprint density at radius 2 is 2.33 bits per heavy atom. The molecule has 0 saturated carbocycles. The van der Waals surface area contributed by atoms with Crippen molar-refractivity contribution in [2.24, 2.45) is 0 Å². The molecule has 1 amide bonds. The third-order valence-electron chi connectivity index (χ3n) is 2.50. The summed E-state index contributed by atoms with van der Waals surface area (Å²) in [4.78, 5) is 11.5. The van der Waals surface area contributed by atoms with Gasteiger partial charge in [0.1, 0.15) is 11.8 Å². The normalized spacial score (nSPS) is 11.4. The van der Waals surface area contributed by atoms with Crippen LogP contribution >= 0.6 is 0 Å². The van der Waals surface area contributed by atoms with Gasteiger partial charge in [0.2, 0.25) is 0 Å². The van der Waals surface area contributed by atoms with Crippen molar-refractivity contribution in [2.75, 3.05) is 12.3 Å². The summed E-state index contributed by atoms with van der Waals surface area (Å²) in [6.45, 7) is 3.80. The molecular weight excluding hydrogens is 230 g/mol. The predicted octanol–water partition coefficient (Wildman–Crippen LogP) is 1.43. The van der Waals surface area contributed by atoms with Crippen molar-refractivity contribution >= 4 is 11.6 Å². The maximum absolute atomic E-state index is 11.5. The number of nitrogens with two attached hydrogens (primary N) is 1. The molecule has 18 heavy (non-hydrogen) atoms. The molecule has 5 heteroatoms. The Hall–Kier alpha value is -2.22. The molecule has 0 aromatic heterocycles. The number of hydrogen-bond acceptors (Lipinski definition) is 4. The molecule has 0 saturated heterocycles. The lowest BCUT2D eigenvalue weighted by atomic mass is 10.2. The summed E-state index contributed by atoms with van der Waals surface area (Å²) in [6, 6.07) is 6.82. The van der Waals surface area contributed by atoms with Gasteiger partial charge in [0.25, 0.3) is 5.91 Å². The zero-order valence-corrected chi connectivity index (χ0v) is 10.6. The van der Waals surface area contributed by atoms with Gasteiger partial charge in [0.05, 0.1) is 5.56 Å². The number of anilines is 1. The molecule has 0 radical (unpaired) electrons. The van der Waals surface area contributed by atoms with Crippen molar-refractivity contribution in [3.8, 4) is 11.8 Å². The van der Waals surface area contributed by atoms with Gasteiger partial charge in [-0.05, 0) is 31.5 Å². The monoisotopic (exact) mass is 247 g/mol. The number of hydrogen-bond donors (Lipinski definition) is 2. The molecule has 0 bridgehead atoms. The SMILES string of the molecule is CCC(C)NC(=O)COc1ccc(N)cc1C#N. The Morgan fingerprint density at radius 1 is 1.61 bits per heavy atom. The first-order valence-corrected chi connectivity index (χ1v) is 5.78. The van der Waals surface area contributed by atoms with Crippen molar-refractivity contribution in [3.63, 3.8) is 0 Å². The lowest BCUT2D eigenvalue weighted by molar-refractivity contribution is -0.123. The highest BCUT2D eigenvalue weighted by Gasteiger charge is 2.08. The predicted molar refractivity (Wildman–Crippen MR) is 69.0 cm³/mol. The molecule has 0 spiro atoms. The van der Waals surface area contributed by atoms with Crippen molar-refractivity contribution < 1.29 is 9.53 Å². The van der Waals surface area contributed by atoms with Crippen LogP contribution in [0.5, 0.6) is 5.75 Å². The van der Waals surface area contributed by atoms with E-state index >= 15 is 0 Å². The molecule has 0 aliphatic carbocycles. The first kappa shape index (κ1) is 13.8. The Labute approximate surface area is 107 Å². The van der Waals surface area contributed by atoms with E-state index in [0.717, 1.165) is 6.42 Å². The Kier molecular flexibility index (Phi) is 5.00. The van der Waals surface area contributed by atoms with Crippen LogP contribution < -0.4 is 15.8 Å². The first-order valence-electron chi connectivity index (χ1n) is 5.78. The van der Waals surface area contributed by atoms with E-state index in [1.165, 1.54) is 6.07 Å². The van der Waals surface area contributed by atoms with Gasteiger partial charge in [-0.3, -0.25) is 4.79 Å². The number of nitriles is 1. The van der Waals surface area contributed by atoms with Gasteiger partial charge in [-0.1, -0.05) is 6.92 Å². The van der Waals surface area contributed by atoms with E-state index in [-0.39, 0.29) is 18.6 Å². The Balaban J connectivity index is 2.59. The second kappa shape index (κ2) is 6.50. The zero-order chi connectivity index (χ0) is 13.5. The molecule has 3 N–H and O–H groups in total. The summed E-state index contributed by atoms with van der Waals surface area (Å²) in [6.07, 6.45) is 0.858. The van der Waals surface area contributed by atoms with Crippen LogP contribution in [0.2, 0.25) is 0 Å². The van der Waals surface area contributed by atoms with Crippen LogP contribution in [0.25, 0.3) is 0 Å². The molecule has 0 aliphatic heterocycles. The van der Waals surface area contributed by atoms with E-state index in [1.54, 1.807) is 12.1 Å². The van der Waals surface area contributed by atoms with Crippen LogP contribution in [-0.4, -0.2) is 18.6 Å². The highest BCUT2D eigenvalue weighted by Crippen LogP contribution is 2.20. The maximum atomic E-state index is 11.5. The van der Waals surface area contributed by atoms with Crippen molar-refractivity contribution in [3.05, 3.63) is 23.8 Å². The third kappa shape index (κ3) is 3.98. The fraction of sp³-hybridized carbons (Fsp3) is 0.385. The standard InChI is InChI=1S/C13H17N3O2/c1-3-9(2)16-13(17)8-18-12-5-4-11(15)6-10(12)7-14/h4-6,9H,3,8,15H2,1-2H3,(H,16,17). The number of carbonyl (C=O) groups is 1. The maximum Gasteiger partial charge on any atom is 0.258 e. The summed E-state index contributed by atoms with van der Waals surface area (Å²) in [5.41, 5.74) is 6.37. The van der Waals surface area contributed by atoms with E-state index in [4.69, 9.17) is 15.7 Å². The number of benzene rings is 1. The largest absolute Gasteiger partial charge is 0.482 e. The van der Waals surface area contributed by atoms with Gasteiger partial charge in [-0.15, -0.1) is 0 Å². The van der Waals surface area contributed by atoms with E-state index < -0.39 is 0 Å². The third-order valence-corrected chi connectivity index (χ3v) is 2.50. The van der Waals surface area contributed by atoms with Crippen LogP contribution in [0.15, 0.2) is 18.2 Å². The average molecular weight is 247 g/mol. The average Bonchev–Trinajstić information content (AvgIpc) is 2.36. The summed E-state index contributed by atoms with van der Waals surface area (Å²) >= 11 is 0. The van der Waals surface area contributed by atoms with Crippen LogP contribution in [0.4, 0.5) is 5.69 Å². The molecular formula is C13H17N3O2. The Bertz CT molecular complexity index is 466. The van der Waals surface area contributed by atoms with Crippen molar-refractivity contribution in [2.45, 2.75) is 26.3 Å². The number of nitrogens with one attached hydrogen (secondary N) is 1. The van der Waals surface area contributed by atoms with Gasteiger partial charge in [0.15, 0.2) is 6.61 Å². The topological polar surface area (TPSA) is 88.1 Å². The van der Waals surface area contributed by atoms with Gasteiger partial charge >= 0.3 is 0 Å². The highest BCUT2D eigenvalue weighted by atomic mass is 16.5. The van der Waals surface area contributed by atoms with Crippen LogP contribution in [0, 0.1) is 11.3 Å². The smallest absolute Gasteiger partial charge is 0.258 e.